The lowest BCUT2D eigenvalue weighted by molar-refractivity contribution is 0.153. The number of rotatable bonds is 3. The molecule has 1 saturated heterocycles. The standard InChI is InChI=1S/C14H20N2O/c17-13-4-2-1-3-12(13)14(11-5-6-11)16-9-7-15-8-10-16/h1-4,11,14-15,17H,5-10H2. The molecule has 2 fully saturated rings. The van der Waals surface area contributed by atoms with Gasteiger partial charge >= 0.3 is 0 Å². The largest absolute Gasteiger partial charge is 0.508 e. The maximum Gasteiger partial charge on any atom is 0.120 e. The highest BCUT2D eigenvalue weighted by molar-refractivity contribution is 5.35. The molecule has 0 amide bonds. The van der Waals surface area contributed by atoms with Crippen LogP contribution in [-0.4, -0.2) is 36.2 Å². The second-order valence-electron chi connectivity index (χ2n) is 5.13. The Kier molecular flexibility index (Phi) is 3.04. The summed E-state index contributed by atoms with van der Waals surface area (Å²) < 4.78 is 0. The van der Waals surface area contributed by atoms with Crippen LogP contribution in [-0.2, 0) is 0 Å². The molecule has 1 unspecified atom stereocenters. The summed E-state index contributed by atoms with van der Waals surface area (Å²) in [5.74, 6) is 1.21. The Balaban J connectivity index is 1.86. The van der Waals surface area contributed by atoms with Crippen LogP contribution in [0.15, 0.2) is 24.3 Å². The molecule has 1 aromatic rings. The van der Waals surface area contributed by atoms with Crippen LogP contribution in [0.2, 0.25) is 0 Å². The molecule has 2 aliphatic rings. The maximum atomic E-state index is 10.0. The molecule has 1 aliphatic heterocycles. The predicted molar refractivity (Wildman–Crippen MR) is 68.0 cm³/mol. The van der Waals surface area contributed by atoms with E-state index in [2.05, 4.69) is 16.3 Å². The average molecular weight is 232 g/mol. The molecule has 1 saturated carbocycles. The van der Waals surface area contributed by atoms with Crippen LogP contribution in [0.1, 0.15) is 24.4 Å². The van der Waals surface area contributed by atoms with Crippen LogP contribution in [0, 0.1) is 5.92 Å². The van der Waals surface area contributed by atoms with Gasteiger partial charge in [0.2, 0.25) is 0 Å². The fourth-order valence-electron chi connectivity index (χ4n) is 2.86. The first-order valence-corrected chi connectivity index (χ1v) is 6.59. The summed E-state index contributed by atoms with van der Waals surface area (Å²) >= 11 is 0. The van der Waals surface area contributed by atoms with Gasteiger partial charge in [-0.1, -0.05) is 18.2 Å². The van der Waals surface area contributed by atoms with Crippen LogP contribution >= 0.6 is 0 Å². The number of phenols is 1. The van der Waals surface area contributed by atoms with Gasteiger partial charge in [-0.05, 0) is 24.8 Å². The Morgan fingerprint density at radius 1 is 1.18 bits per heavy atom. The summed E-state index contributed by atoms with van der Waals surface area (Å²) in [4.78, 5) is 2.53. The van der Waals surface area contributed by atoms with Gasteiger partial charge in [-0.3, -0.25) is 4.90 Å². The van der Waals surface area contributed by atoms with Gasteiger partial charge in [0.25, 0.3) is 0 Å². The molecule has 0 bridgehead atoms. The van der Waals surface area contributed by atoms with Crippen LogP contribution in [0.5, 0.6) is 5.75 Å². The quantitative estimate of drug-likeness (QED) is 0.833. The van der Waals surface area contributed by atoms with Crippen molar-refractivity contribution in [2.45, 2.75) is 18.9 Å². The van der Waals surface area contributed by atoms with Crippen molar-refractivity contribution in [1.82, 2.24) is 10.2 Å². The summed E-state index contributed by atoms with van der Waals surface area (Å²) in [5.41, 5.74) is 1.12. The molecule has 3 heteroatoms. The summed E-state index contributed by atoms with van der Waals surface area (Å²) in [7, 11) is 0. The van der Waals surface area contributed by atoms with Gasteiger partial charge in [0.15, 0.2) is 0 Å². The monoisotopic (exact) mass is 232 g/mol. The van der Waals surface area contributed by atoms with E-state index in [-0.39, 0.29) is 0 Å². The van der Waals surface area contributed by atoms with Gasteiger partial charge in [-0.2, -0.15) is 0 Å². The second-order valence-corrected chi connectivity index (χ2v) is 5.13. The smallest absolute Gasteiger partial charge is 0.120 e. The Hall–Kier alpha value is -1.06. The molecule has 1 atom stereocenters. The van der Waals surface area contributed by atoms with E-state index in [9.17, 15) is 5.11 Å². The van der Waals surface area contributed by atoms with Crippen molar-refractivity contribution < 1.29 is 5.11 Å². The highest BCUT2D eigenvalue weighted by Crippen LogP contribution is 2.46. The topological polar surface area (TPSA) is 35.5 Å². The molecule has 2 N–H and O–H groups in total. The molecular formula is C14H20N2O. The van der Waals surface area contributed by atoms with E-state index in [0.29, 0.717) is 11.8 Å². The lowest BCUT2D eigenvalue weighted by atomic mass is 9.99. The number of hydrogen-bond donors (Lipinski definition) is 2. The fraction of sp³-hybridized carbons (Fsp3) is 0.571. The van der Waals surface area contributed by atoms with Crippen molar-refractivity contribution in [2.75, 3.05) is 26.2 Å². The number of phenolic OH excluding ortho intramolecular Hbond substituents is 1. The summed E-state index contributed by atoms with van der Waals surface area (Å²) in [6.07, 6.45) is 2.62. The molecule has 0 spiro atoms. The second kappa shape index (κ2) is 4.67. The SMILES string of the molecule is Oc1ccccc1C(C1CC1)N1CCNCC1. The summed E-state index contributed by atoms with van der Waals surface area (Å²) in [6, 6.07) is 8.26. The average Bonchev–Trinajstić information content (AvgIpc) is 3.18. The van der Waals surface area contributed by atoms with Gasteiger partial charge in [0.05, 0.1) is 0 Å². The third-order valence-corrected chi connectivity index (χ3v) is 3.87. The van der Waals surface area contributed by atoms with E-state index < -0.39 is 0 Å². The van der Waals surface area contributed by atoms with Gasteiger partial charge in [0, 0.05) is 37.8 Å². The normalized spacial score (nSPS) is 23.5. The maximum absolute atomic E-state index is 10.0. The van der Waals surface area contributed by atoms with Crippen molar-refractivity contribution in [3.63, 3.8) is 0 Å². The molecule has 17 heavy (non-hydrogen) atoms. The number of piperazine rings is 1. The van der Waals surface area contributed by atoms with E-state index in [1.165, 1.54) is 12.8 Å². The Morgan fingerprint density at radius 3 is 2.53 bits per heavy atom. The summed E-state index contributed by atoms with van der Waals surface area (Å²) in [5, 5.41) is 13.4. The first-order valence-electron chi connectivity index (χ1n) is 6.59. The molecule has 3 rings (SSSR count). The Morgan fingerprint density at radius 2 is 1.88 bits per heavy atom. The van der Waals surface area contributed by atoms with Crippen LogP contribution < -0.4 is 5.32 Å². The van der Waals surface area contributed by atoms with Crippen LogP contribution in [0.25, 0.3) is 0 Å². The van der Waals surface area contributed by atoms with Gasteiger partial charge in [0.1, 0.15) is 5.75 Å². The van der Waals surface area contributed by atoms with E-state index in [1.54, 1.807) is 0 Å². The number of nitrogens with zero attached hydrogens (tertiary/aromatic N) is 1. The first-order chi connectivity index (χ1) is 8.36. The van der Waals surface area contributed by atoms with Crippen molar-refractivity contribution >= 4 is 0 Å². The van der Waals surface area contributed by atoms with E-state index in [1.807, 2.05) is 18.2 Å². The van der Waals surface area contributed by atoms with Gasteiger partial charge in [-0.25, -0.2) is 0 Å². The first kappa shape index (κ1) is 11.1. The Labute approximate surface area is 102 Å². The molecule has 1 aliphatic carbocycles. The van der Waals surface area contributed by atoms with Crippen LogP contribution in [0.4, 0.5) is 0 Å². The third kappa shape index (κ3) is 2.31. The molecule has 1 aromatic carbocycles. The van der Waals surface area contributed by atoms with Crippen molar-refractivity contribution in [3.05, 3.63) is 29.8 Å². The van der Waals surface area contributed by atoms with Crippen LogP contribution in [0.3, 0.4) is 0 Å². The number of hydrogen-bond acceptors (Lipinski definition) is 3. The lowest BCUT2D eigenvalue weighted by Crippen LogP contribution is -2.45. The number of nitrogens with one attached hydrogen (secondary N) is 1. The lowest BCUT2D eigenvalue weighted by Gasteiger charge is -2.35. The van der Waals surface area contributed by atoms with Crippen molar-refractivity contribution in [2.24, 2.45) is 5.92 Å². The summed E-state index contributed by atoms with van der Waals surface area (Å²) in [6.45, 7) is 4.32. The minimum atomic E-state index is 0.429. The zero-order chi connectivity index (χ0) is 11.7. The molecule has 0 aromatic heterocycles. The highest BCUT2D eigenvalue weighted by atomic mass is 16.3. The highest BCUT2D eigenvalue weighted by Gasteiger charge is 2.37. The third-order valence-electron chi connectivity index (χ3n) is 3.87. The molecule has 92 valence electrons. The molecule has 1 heterocycles. The minimum Gasteiger partial charge on any atom is -0.508 e. The number of para-hydroxylation sites is 1. The molecule has 0 radical (unpaired) electrons. The van der Waals surface area contributed by atoms with Gasteiger partial charge < -0.3 is 10.4 Å². The predicted octanol–water partition coefficient (Wildman–Crippen LogP) is 1.75. The Bertz CT molecular complexity index is 384. The van der Waals surface area contributed by atoms with Crippen molar-refractivity contribution in [1.29, 1.82) is 0 Å². The van der Waals surface area contributed by atoms with Crippen molar-refractivity contribution in [3.8, 4) is 5.75 Å². The zero-order valence-electron chi connectivity index (χ0n) is 10.1. The zero-order valence-corrected chi connectivity index (χ0v) is 10.1. The minimum absolute atomic E-state index is 0.429. The molecular weight excluding hydrogens is 212 g/mol. The van der Waals surface area contributed by atoms with E-state index in [4.69, 9.17) is 0 Å². The number of benzene rings is 1. The van der Waals surface area contributed by atoms with E-state index in [0.717, 1.165) is 37.7 Å². The fourth-order valence-corrected chi connectivity index (χ4v) is 2.86. The number of aromatic hydroxyl groups is 1. The van der Waals surface area contributed by atoms with E-state index >= 15 is 0 Å². The van der Waals surface area contributed by atoms with Gasteiger partial charge in [-0.15, -0.1) is 0 Å². The molecule has 3 nitrogen and oxygen atoms in total.